The quantitative estimate of drug-likeness (QED) is 0.128. The number of hydrogen-bond acceptors (Lipinski definition) is 4. The van der Waals surface area contributed by atoms with Crippen molar-refractivity contribution in [2.24, 2.45) is 0 Å². The summed E-state index contributed by atoms with van der Waals surface area (Å²) in [6, 6.07) is 23.1. The fourth-order valence-corrected chi connectivity index (χ4v) is 5.55. The fraction of sp³-hybridized carbons (Fsp3) is 0.222. The number of non-ortho nitro benzene ring substituents is 1. The molecule has 0 radical (unpaired) electrons. The Morgan fingerprint density at radius 3 is 2.55 bits per heavy atom. The minimum Gasteiger partial charge on any atom is -0.343 e. The molecule has 0 bridgehead atoms. The first-order valence-electron chi connectivity index (χ1n) is 11.2. The van der Waals surface area contributed by atoms with Gasteiger partial charge in [-0.1, -0.05) is 55.3 Å². The number of thioether (sulfide) groups is 1. The zero-order chi connectivity index (χ0) is 22.8. The van der Waals surface area contributed by atoms with Crippen molar-refractivity contribution in [3.8, 4) is 0 Å². The van der Waals surface area contributed by atoms with E-state index in [2.05, 4.69) is 16.7 Å². The number of ketones is 1. The van der Waals surface area contributed by atoms with Gasteiger partial charge >= 0.3 is 0 Å². The van der Waals surface area contributed by atoms with E-state index in [1.54, 1.807) is 23.9 Å². The van der Waals surface area contributed by atoms with Crippen LogP contribution in [0.3, 0.4) is 0 Å². The number of carbonyl (C=O) groups is 1. The van der Waals surface area contributed by atoms with Crippen molar-refractivity contribution < 1.29 is 9.72 Å². The Bertz CT molecular complexity index is 1320. The van der Waals surface area contributed by atoms with Gasteiger partial charge in [-0.15, -0.1) is 11.8 Å². The lowest BCUT2D eigenvalue weighted by molar-refractivity contribution is -0.384. The summed E-state index contributed by atoms with van der Waals surface area (Å²) in [6.45, 7) is 0. The number of benzene rings is 3. The van der Waals surface area contributed by atoms with Crippen LogP contribution in [0.25, 0.3) is 10.9 Å². The lowest BCUT2D eigenvalue weighted by Gasteiger charge is -2.13. The van der Waals surface area contributed by atoms with Gasteiger partial charge in [-0.3, -0.25) is 14.9 Å². The van der Waals surface area contributed by atoms with Crippen molar-refractivity contribution in [3.63, 3.8) is 0 Å². The summed E-state index contributed by atoms with van der Waals surface area (Å²) in [5, 5.41) is 12.1. The highest BCUT2D eigenvalue weighted by molar-refractivity contribution is 7.98. The van der Waals surface area contributed by atoms with Crippen LogP contribution in [0.1, 0.15) is 53.2 Å². The van der Waals surface area contributed by atoms with E-state index in [-0.39, 0.29) is 22.4 Å². The Morgan fingerprint density at radius 2 is 1.79 bits per heavy atom. The average Bonchev–Trinajstić information content (AvgIpc) is 3.51. The van der Waals surface area contributed by atoms with Gasteiger partial charge in [0.05, 0.1) is 10.4 Å². The summed E-state index contributed by atoms with van der Waals surface area (Å²) in [7, 11) is 0. The second kappa shape index (κ2) is 9.24. The number of carbonyl (C=O) groups excluding carboxylic acids is 1. The first-order chi connectivity index (χ1) is 16.1. The zero-order valence-electron chi connectivity index (χ0n) is 18.1. The smallest absolute Gasteiger partial charge is 0.271 e. The molecule has 0 aliphatic heterocycles. The van der Waals surface area contributed by atoms with Crippen LogP contribution in [0, 0.1) is 10.1 Å². The third kappa shape index (κ3) is 4.44. The van der Waals surface area contributed by atoms with Gasteiger partial charge in [-0.05, 0) is 36.6 Å². The number of nitro benzene ring substituents is 1. The van der Waals surface area contributed by atoms with Crippen LogP contribution >= 0.6 is 11.8 Å². The molecule has 1 aliphatic rings. The van der Waals surface area contributed by atoms with Gasteiger partial charge in [0.2, 0.25) is 0 Å². The van der Waals surface area contributed by atoms with Gasteiger partial charge in [-0.2, -0.15) is 0 Å². The van der Waals surface area contributed by atoms with Gasteiger partial charge in [0, 0.05) is 51.5 Å². The standard InChI is InChI=1S/C27H24N2O3S/c30-27(20-9-6-12-23(15-20)33-18-19-7-2-1-3-8-19)25-17-28(21-10-4-5-11-21)26-16-22(29(31)32)13-14-24(25)26/h1-3,6-9,12-17,21H,4-5,10-11,18H2. The van der Waals surface area contributed by atoms with Crippen LogP contribution in [-0.4, -0.2) is 15.3 Å². The van der Waals surface area contributed by atoms with E-state index in [9.17, 15) is 14.9 Å². The monoisotopic (exact) mass is 456 g/mol. The van der Waals surface area contributed by atoms with Crippen LogP contribution in [0.4, 0.5) is 5.69 Å². The first-order valence-corrected chi connectivity index (χ1v) is 12.2. The predicted molar refractivity (Wildman–Crippen MR) is 132 cm³/mol. The van der Waals surface area contributed by atoms with Crippen molar-refractivity contribution in [2.45, 2.75) is 42.4 Å². The maximum Gasteiger partial charge on any atom is 0.271 e. The molecule has 166 valence electrons. The molecule has 1 aromatic heterocycles. The summed E-state index contributed by atoms with van der Waals surface area (Å²) >= 11 is 1.70. The topological polar surface area (TPSA) is 65.1 Å². The fourth-order valence-electron chi connectivity index (χ4n) is 4.64. The van der Waals surface area contributed by atoms with E-state index >= 15 is 0 Å². The van der Waals surface area contributed by atoms with E-state index in [0.717, 1.165) is 47.2 Å². The van der Waals surface area contributed by atoms with Gasteiger partial charge in [0.15, 0.2) is 5.78 Å². The van der Waals surface area contributed by atoms with Gasteiger partial charge < -0.3 is 4.57 Å². The molecule has 1 heterocycles. The second-order valence-electron chi connectivity index (χ2n) is 8.48. The number of rotatable bonds is 7. The maximum absolute atomic E-state index is 13.6. The average molecular weight is 457 g/mol. The van der Waals surface area contributed by atoms with Crippen molar-refractivity contribution in [1.82, 2.24) is 4.57 Å². The number of fused-ring (bicyclic) bond motifs is 1. The van der Waals surface area contributed by atoms with Crippen molar-refractivity contribution >= 4 is 34.1 Å². The van der Waals surface area contributed by atoms with E-state index in [4.69, 9.17) is 0 Å². The molecule has 5 nitrogen and oxygen atoms in total. The van der Waals surface area contributed by atoms with Crippen molar-refractivity contribution in [3.05, 3.63) is 106 Å². The number of aromatic nitrogens is 1. The molecule has 0 spiro atoms. The first kappa shape index (κ1) is 21.5. The molecule has 1 fully saturated rings. The van der Waals surface area contributed by atoms with Crippen LogP contribution in [0.2, 0.25) is 0 Å². The second-order valence-corrected chi connectivity index (χ2v) is 9.53. The van der Waals surface area contributed by atoms with E-state index < -0.39 is 0 Å². The molecule has 6 heteroatoms. The van der Waals surface area contributed by atoms with Crippen molar-refractivity contribution in [2.75, 3.05) is 0 Å². The summed E-state index contributed by atoms with van der Waals surface area (Å²) in [6.07, 6.45) is 6.26. The number of nitro groups is 1. The molecule has 0 atom stereocenters. The Hall–Kier alpha value is -3.38. The molecule has 1 aliphatic carbocycles. The lowest BCUT2D eigenvalue weighted by Crippen LogP contribution is -2.04. The lowest BCUT2D eigenvalue weighted by atomic mass is 10.0. The van der Waals surface area contributed by atoms with Gasteiger partial charge in [0.1, 0.15) is 0 Å². The van der Waals surface area contributed by atoms with Crippen LogP contribution in [0.15, 0.2) is 83.9 Å². The maximum atomic E-state index is 13.6. The molecule has 1 saturated carbocycles. The molecule has 0 unspecified atom stereocenters. The zero-order valence-corrected chi connectivity index (χ0v) is 19.0. The van der Waals surface area contributed by atoms with Crippen molar-refractivity contribution in [1.29, 1.82) is 0 Å². The number of nitrogens with zero attached hydrogens (tertiary/aromatic N) is 2. The molecular weight excluding hydrogens is 432 g/mol. The largest absolute Gasteiger partial charge is 0.343 e. The Balaban J connectivity index is 1.48. The van der Waals surface area contributed by atoms with Crippen LogP contribution < -0.4 is 0 Å². The van der Waals surface area contributed by atoms with E-state index in [1.807, 2.05) is 48.7 Å². The normalized spacial score (nSPS) is 14.1. The Labute approximate surface area is 196 Å². The molecule has 0 saturated heterocycles. The highest BCUT2D eigenvalue weighted by Crippen LogP contribution is 2.36. The summed E-state index contributed by atoms with van der Waals surface area (Å²) in [4.78, 5) is 25.6. The Morgan fingerprint density at radius 1 is 1.00 bits per heavy atom. The number of hydrogen-bond donors (Lipinski definition) is 0. The van der Waals surface area contributed by atoms with Gasteiger partial charge in [-0.25, -0.2) is 0 Å². The highest BCUT2D eigenvalue weighted by atomic mass is 32.2. The summed E-state index contributed by atoms with van der Waals surface area (Å²) < 4.78 is 2.09. The molecular formula is C27H24N2O3S. The molecule has 33 heavy (non-hydrogen) atoms. The molecule has 3 aromatic carbocycles. The van der Waals surface area contributed by atoms with E-state index in [1.165, 1.54) is 11.6 Å². The highest BCUT2D eigenvalue weighted by Gasteiger charge is 2.24. The minimum absolute atomic E-state index is 0.0484. The summed E-state index contributed by atoms with van der Waals surface area (Å²) in [5.41, 5.74) is 3.31. The third-order valence-electron chi connectivity index (χ3n) is 6.34. The third-order valence-corrected chi connectivity index (χ3v) is 7.40. The SMILES string of the molecule is O=C(c1cccc(SCc2ccccc2)c1)c1cn(C2CCCC2)c2cc([N+](=O)[O-])ccc12. The molecule has 4 aromatic rings. The Kier molecular flexibility index (Phi) is 6.01. The molecule has 5 rings (SSSR count). The van der Waals surface area contributed by atoms with E-state index in [0.29, 0.717) is 11.1 Å². The summed E-state index contributed by atoms with van der Waals surface area (Å²) in [5.74, 6) is 0.788. The molecule has 0 N–H and O–H groups in total. The predicted octanol–water partition coefficient (Wildman–Crippen LogP) is 7.19. The van der Waals surface area contributed by atoms with Crippen LogP contribution in [-0.2, 0) is 5.75 Å². The minimum atomic E-state index is -0.375. The van der Waals surface area contributed by atoms with Crippen LogP contribution in [0.5, 0.6) is 0 Å². The van der Waals surface area contributed by atoms with Gasteiger partial charge in [0.25, 0.3) is 5.69 Å². The molecule has 0 amide bonds.